The molecule has 0 aliphatic heterocycles. The van der Waals surface area contributed by atoms with Crippen LogP contribution in [0, 0.1) is 10.1 Å². The Morgan fingerprint density at radius 3 is 2.82 bits per heavy atom. The Balaban J connectivity index is 2.87. The molecule has 0 spiro atoms. The van der Waals surface area contributed by atoms with E-state index in [0.29, 0.717) is 6.54 Å². The van der Waals surface area contributed by atoms with Crippen LogP contribution in [0.3, 0.4) is 0 Å². The number of nitrogens with zero attached hydrogens (tertiary/aromatic N) is 1. The number of hydrogen-bond acceptors (Lipinski definition) is 5. The predicted molar refractivity (Wildman–Crippen MR) is 63.0 cm³/mol. The lowest BCUT2D eigenvalue weighted by molar-refractivity contribution is -0.386. The van der Waals surface area contributed by atoms with E-state index in [-0.39, 0.29) is 18.2 Å². The topological polar surface area (TPSA) is 73.6 Å². The fourth-order valence-corrected chi connectivity index (χ4v) is 1.33. The van der Waals surface area contributed by atoms with Gasteiger partial charge in [0.15, 0.2) is 12.5 Å². The fourth-order valence-electron chi connectivity index (χ4n) is 1.33. The minimum absolute atomic E-state index is 0.00655. The maximum Gasteiger partial charge on any atom is 0.311 e. The molecule has 0 radical (unpaired) electrons. The number of hydrogen-bond donors (Lipinski definition) is 1. The largest absolute Gasteiger partial charge is 0.460 e. The van der Waals surface area contributed by atoms with Gasteiger partial charge in [0.1, 0.15) is 0 Å². The van der Waals surface area contributed by atoms with Crippen molar-refractivity contribution in [2.45, 2.75) is 13.5 Å². The summed E-state index contributed by atoms with van der Waals surface area (Å²) < 4.78 is 9.84. The Bertz CT molecular complexity index is 382. The third-order valence-electron chi connectivity index (χ3n) is 2.13. The molecule has 6 nitrogen and oxygen atoms in total. The molecule has 0 saturated heterocycles. The smallest absolute Gasteiger partial charge is 0.311 e. The number of nitrogens with one attached hydrogen (secondary N) is 1. The molecule has 0 bridgehead atoms. The van der Waals surface area contributed by atoms with E-state index in [4.69, 9.17) is 9.47 Å². The molecular formula is C11H16N2O4. The van der Waals surface area contributed by atoms with E-state index in [0.717, 1.165) is 12.1 Å². The maximum absolute atomic E-state index is 10.9. The van der Waals surface area contributed by atoms with Crippen molar-refractivity contribution in [2.24, 2.45) is 0 Å². The van der Waals surface area contributed by atoms with Gasteiger partial charge in [-0.05, 0) is 18.2 Å². The van der Waals surface area contributed by atoms with Crippen molar-refractivity contribution in [1.29, 1.82) is 0 Å². The highest BCUT2D eigenvalue weighted by Crippen LogP contribution is 2.27. The lowest BCUT2D eigenvalue weighted by atomic mass is 10.2. The second-order valence-corrected chi connectivity index (χ2v) is 3.39. The number of nitro benzene ring substituents is 1. The fraction of sp³-hybridized carbons (Fsp3) is 0.455. The average Bonchev–Trinajstić information content (AvgIpc) is 2.34. The van der Waals surface area contributed by atoms with Crippen molar-refractivity contribution < 1.29 is 14.4 Å². The third-order valence-corrected chi connectivity index (χ3v) is 2.13. The standard InChI is InChI=1S/C11H16N2O4/c1-3-12-7-9-4-5-11(17-8-16-2)10(6-9)13(14)15/h4-6,12H,3,7-8H2,1-2H3. The van der Waals surface area contributed by atoms with Gasteiger partial charge in [0.2, 0.25) is 0 Å². The minimum atomic E-state index is -0.458. The normalized spacial score (nSPS) is 10.2. The molecule has 94 valence electrons. The zero-order valence-electron chi connectivity index (χ0n) is 9.93. The van der Waals surface area contributed by atoms with E-state index >= 15 is 0 Å². The van der Waals surface area contributed by atoms with Crippen LogP contribution in [0.1, 0.15) is 12.5 Å². The summed E-state index contributed by atoms with van der Waals surface area (Å²) >= 11 is 0. The van der Waals surface area contributed by atoms with Crippen molar-refractivity contribution in [2.75, 3.05) is 20.4 Å². The van der Waals surface area contributed by atoms with Crippen molar-refractivity contribution in [3.8, 4) is 5.75 Å². The van der Waals surface area contributed by atoms with Crippen LogP contribution in [-0.4, -0.2) is 25.4 Å². The third kappa shape index (κ3) is 4.01. The summed E-state index contributed by atoms with van der Waals surface area (Å²) in [7, 11) is 1.46. The highest BCUT2D eigenvalue weighted by Gasteiger charge is 2.15. The zero-order chi connectivity index (χ0) is 12.7. The molecule has 1 aromatic carbocycles. The Hall–Kier alpha value is -1.66. The molecular weight excluding hydrogens is 224 g/mol. The van der Waals surface area contributed by atoms with Gasteiger partial charge in [0, 0.05) is 19.7 Å². The first-order chi connectivity index (χ1) is 8.19. The lowest BCUT2D eigenvalue weighted by Gasteiger charge is -2.07. The zero-order valence-corrected chi connectivity index (χ0v) is 9.93. The van der Waals surface area contributed by atoms with E-state index in [9.17, 15) is 10.1 Å². The highest BCUT2D eigenvalue weighted by atomic mass is 16.7. The van der Waals surface area contributed by atoms with E-state index in [2.05, 4.69) is 5.32 Å². The van der Waals surface area contributed by atoms with Gasteiger partial charge < -0.3 is 14.8 Å². The van der Waals surface area contributed by atoms with E-state index in [1.54, 1.807) is 12.1 Å². The monoisotopic (exact) mass is 240 g/mol. The molecule has 1 aromatic rings. The number of benzene rings is 1. The van der Waals surface area contributed by atoms with Gasteiger partial charge >= 0.3 is 5.69 Å². The summed E-state index contributed by atoms with van der Waals surface area (Å²) in [6.07, 6.45) is 0. The van der Waals surface area contributed by atoms with Gasteiger partial charge in [0.05, 0.1) is 4.92 Å². The van der Waals surface area contributed by atoms with Gasteiger partial charge in [-0.2, -0.15) is 0 Å². The molecule has 0 atom stereocenters. The van der Waals surface area contributed by atoms with Crippen LogP contribution in [0.5, 0.6) is 5.75 Å². The Morgan fingerprint density at radius 2 is 2.24 bits per heavy atom. The Kier molecular flexibility index (Phi) is 5.38. The molecule has 0 fully saturated rings. The number of rotatable bonds is 7. The molecule has 0 heterocycles. The summed E-state index contributed by atoms with van der Waals surface area (Å²) in [6.45, 7) is 3.38. The van der Waals surface area contributed by atoms with Crippen LogP contribution < -0.4 is 10.1 Å². The number of nitro groups is 1. The van der Waals surface area contributed by atoms with Crippen molar-refractivity contribution >= 4 is 5.69 Å². The molecule has 0 saturated carbocycles. The van der Waals surface area contributed by atoms with Gasteiger partial charge in [-0.3, -0.25) is 10.1 Å². The molecule has 0 aliphatic rings. The van der Waals surface area contributed by atoms with Gasteiger partial charge in [0.25, 0.3) is 0 Å². The summed E-state index contributed by atoms with van der Waals surface area (Å²) in [4.78, 5) is 10.4. The van der Waals surface area contributed by atoms with Gasteiger partial charge in [-0.1, -0.05) is 13.0 Å². The average molecular weight is 240 g/mol. The van der Waals surface area contributed by atoms with Crippen molar-refractivity contribution in [3.05, 3.63) is 33.9 Å². The van der Waals surface area contributed by atoms with Crippen LogP contribution >= 0.6 is 0 Å². The molecule has 17 heavy (non-hydrogen) atoms. The molecule has 1 N–H and O–H groups in total. The van der Waals surface area contributed by atoms with Gasteiger partial charge in [-0.25, -0.2) is 0 Å². The highest BCUT2D eigenvalue weighted by molar-refractivity contribution is 5.48. The van der Waals surface area contributed by atoms with E-state index in [1.165, 1.54) is 13.2 Å². The van der Waals surface area contributed by atoms with Gasteiger partial charge in [-0.15, -0.1) is 0 Å². The summed E-state index contributed by atoms with van der Waals surface area (Å²) in [6, 6.07) is 4.89. The first-order valence-electron chi connectivity index (χ1n) is 5.28. The maximum atomic E-state index is 10.9. The molecule has 1 rings (SSSR count). The second kappa shape index (κ2) is 6.82. The minimum Gasteiger partial charge on any atom is -0.460 e. The molecule has 6 heteroatoms. The Morgan fingerprint density at radius 1 is 1.47 bits per heavy atom. The first-order valence-corrected chi connectivity index (χ1v) is 5.28. The lowest BCUT2D eigenvalue weighted by Crippen LogP contribution is -2.12. The Labute approximate surface area is 99.7 Å². The van der Waals surface area contributed by atoms with Crippen molar-refractivity contribution in [3.63, 3.8) is 0 Å². The van der Waals surface area contributed by atoms with E-state index in [1.807, 2.05) is 6.92 Å². The first kappa shape index (κ1) is 13.4. The second-order valence-electron chi connectivity index (χ2n) is 3.39. The van der Waals surface area contributed by atoms with Crippen LogP contribution in [0.15, 0.2) is 18.2 Å². The molecule has 0 unspecified atom stereocenters. The van der Waals surface area contributed by atoms with Crippen LogP contribution in [0.2, 0.25) is 0 Å². The predicted octanol–water partition coefficient (Wildman–Crippen LogP) is 1.69. The number of ether oxygens (including phenoxy) is 2. The van der Waals surface area contributed by atoms with E-state index < -0.39 is 4.92 Å². The molecule has 0 aliphatic carbocycles. The quantitative estimate of drug-likeness (QED) is 0.446. The summed E-state index contributed by atoms with van der Waals surface area (Å²) in [5, 5.41) is 14.0. The van der Waals surface area contributed by atoms with Crippen LogP contribution in [-0.2, 0) is 11.3 Å². The molecule has 0 amide bonds. The SMILES string of the molecule is CCNCc1ccc(OCOC)c([N+](=O)[O-])c1. The van der Waals surface area contributed by atoms with Crippen LogP contribution in [0.4, 0.5) is 5.69 Å². The summed E-state index contributed by atoms with van der Waals surface area (Å²) in [5.41, 5.74) is 0.806. The summed E-state index contributed by atoms with van der Waals surface area (Å²) in [5.74, 6) is 0.220. The van der Waals surface area contributed by atoms with Crippen LogP contribution in [0.25, 0.3) is 0 Å². The molecule has 0 aromatic heterocycles. The number of methoxy groups -OCH3 is 1. The van der Waals surface area contributed by atoms with Crippen molar-refractivity contribution in [1.82, 2.24) is 5.32 Å².